The molecule has 0 radical (unpaired) electrons. The van der Waals surface area contributed by atoms with Crippen molar-refractivity contribution < 1.29 is 19.4 Å². The first-order chi connectivity index (χ1) is 20.8. The Morgan fingerprint density at radius 1 is 1.02 bits per heavy atom. The van der Waals surface area contributed by atoms with Crippen LogP contribution in [0.3, 0.4) is 0 Å². The number of benzene rings is 2. The molecule has 228 valence electrons. The number of hydrogen-bond donors (Lipinski definition) is 3. The topological polar surface area (TPSA) is 106 Å². The lowest BCUT2D eigenvalue weighted by Crippen LogP contribution is -2.60. The van der Waals surface area contributed by atoms with Crippen LogP contribution in [-0.4, -0.2) is 38.7 Å². The highest BCUT2D eigenvalue weighted by atomic mass is 32.2. The van der Waals surface area contributed by atoms with E-state index in [-0.39, 0.29) is 36.3 Å². The van der Waals surface area contributed by atoms with Gasteiger partial charge in [0.05, 0.1) is 18.8 Å². The summed E-state index contributed by atoms with van der Waals surface area (Å²) < 4.78 is 14.2. The average molecular weight is 621 g/mol. The molecule has 4 aliphatic carbocycles. The number of thioether (sulfide) groups is 1. The molecule has 3 aromatic rings. The summed E-state index contributed by atoms with van der Waals surface area (Å²) in [7, 11) is 0. The van der Waals surface area contributed by atoms with Crippen molar-refractivity contribution in [3.63, 3.8) is 0 Å². The average Bonchev–Trinajstić information content (AvgIpc) is 3.40. The van der Waals surface area contributed by atoms with Gasteiger partial charge in [-0.25, -0.2) is 4.79 Å². The van der Waals surface area contributed by atoms with Crippen molar-refractivity contribution in [3.8, 4) is 0 Å². The van der Waals surface area contributed by atoms with E-state index in [0.29, 0.717) is 5.75 Å². The number of aliphatic hydroxyl groups is 1. The molecule has 0 unspecified atom stereocenters. The molecule has 43 heavy (non-hydrogen) atoms. The Labute approximate surface area is 261 Å². The Balaban J connectivity index is 1.07. The Kier molecular flexibility index (Phi) is 8.24. The summed E-state index contributed by atoms with van der Waals surface area (Å²) in [5, 5.41) is 25.5. The number of aliphatic hydroxyl groups excluding tert-OH is 1. The van der Waals surface area contributed by atoms with Crippen molar-refractivity contribution in [1.82, 2.24) is 15.5 Å². The number of aryl methyl sites for hydroxylation is 1. The zero-order valence-corrected chi connectivity index (χ0v) is 26.3. The molecule has 8 rings (SSSR count). The number of urea groups is 1. The van der Waals surface area contributed by atoms with Crippen LogP contribution in [0.5, 0.6) is 0 Å². The van der Waals surface area contributed by atoms with Gasteiger partial charge in [0.15, 0.2) is 10.6 Å². The van der Waals surface area contributed by atoms with Crippen molar-refractivity contribution in [2.75, 3.05) is 11.1 Å². The monoisotopic (exact) mass is 620 g/mol. The summed E-state index contributed by atoms with van der Waals surface area (Å²) in [6.07, 6.45) is 6.47. The van der Waals surface area contributed by atoms with Gasteiger partial charge in [-0.2, -0.15) is 0 Å². The molecule has 2 heterocycles. The first-order valence-corrected chi connectivity index (χ1v) is 17.3. The SMILES string of the molecule is Cc1nnc(SC[C@@H]2O[C@H](c3cccc(NC(=O)NC45CC6CC(CC(C6)C4)C5)c3)O[C@H](c3ccc(CO)cc3)[C@@H]2C)s1. The lowest BCUT2D eigenvalue weighted by atomic mass is 9.53. The highest BCUT2D eigenvalue weighted by Crippen LogP contribution is 2.55. The maximum Gasteiger partial charge on any atom is 0.319 e. The van der Waals surface area contributed by atoms with E-state index >= 15 is 0 Å². The molecule has 4 atom stereocenters. The van der Waals surface area contributed by atoms with Crippen LogP contribution in [0.1, 0.15) is 79.5 Å². The molecule has 1 saturated heterocycles. The maximum atomic E-state index is 13.3. The van der Waals surface area contributed by atoms with Gasteiger partial charge in [-0.05, 0) is 86.5 Å². The van der Waals surface area contributed by atoms with Gasteiger partial charge < -0.3 is 25.2 Å². The summed E-state index contributed by atoms with van der Waals surface area (Å²) in [5.41, 5.74) is 3.45. The second kappa shape index (κ2) is 12.1. The van der Waals surface area contributed by atoms with Gasteiger partial charge in [0.1, 0.15) is 5.01 Å². The second-order valence-corrected chi connectivity index (χ2v) is 15.6. The van der Waals surface area contributed by atoms with E-state index in [1.807, 2.05) is 55.5 Å². The molecule has 3 N–H and O–H groups in total. The zero-order valence-electron chi connectivity index (χ0n) is 24.7. The van der Waals surface area contributed by atoms with Crippen molar-refractivity contribution in [2.24, 2.45) is 23.7 Å². The minimum atomic E-state index is -0.603. The van der Waals surface area contributed by atoms with Crippen LogP contribution >= 0.6 is 23.1 Å². The van der Waals surface area contributed by atoms with Crippen molar-refractivity contribution in [3.05, 3.63) is 70.2 Å². The fourth-order valence-corrected chi connectivity index (χ4v) is 10.2. The smallest absolute Gasteiger partial charge is 0.319 e. The third kappa shape index (κ3) is 6.35. The second-order valence-electron chi connectivity index (χ2n) is 13.1. The number of rotatable bonds is 8. The van der Waals surface area contributed by atoms with Gasteiger partial charge in [0, 0.05) is 28.5 Å². The number of carbonyl (C=O) groups excluding carboxylic acids is 1. The molecule has 0 spiro atoms. The highest BCUT2D eigenvalue weighted by Gasteiger charge is 2.51. The van der Waals surface area contributed by atoms with Crippen LogP contribution in [0, 0.1) is 30.6 Å². The van der Waals surface area contributed by atoms with Gasteiger partial charge in [0.2, 0.25) is 0 Å². The number of nitrogens with zero attached hydrogens (tertiary/aromatic N) is 2. The quantitative estimate of drug-likeness (QED) is 0.233. The maximum absolute atomic E-state index is 13.3. The molecular formula is C33H40N4O4S2. The third-order valence-electron chi connectivity index (χ3n) is 9.84. The summed E-state index contributed by atoms with van der Waals surface area (Å²) in [4.78, 5) is 13.3. The van der Waals surface area contributed by atoms with E-state index < -0.39 is 6.29 Å². The zero-order chi connectivity index (χ0) is 29.6. The Morgan fingerprint density at radius 2 is 1.74 bits per heavy atom. The van der Waals surface area contributed by atoms with Crippen LogP contribution in [0.25, 0.3) is 0 Å². The van der Waals surface area contributed by atoms with Gasteiger partial charge in [-0.3, -0.25) is 0 Å². The van der Waals surface area contributed by atoms with E-state index in [2.05, 4.69) is 27.8 Å². The van der Waals surface area contributed by atoms with E-state index in [1.54, 1.807) is 23.1 Å². The van der Waals surface area contributed by atoms with Gasteiger partial charge in [-0.1, -0.05) is 66.4 Å². The number of carbonyl (C=O) groups is 1. The fourth-order valence-electron chi connectivity index (χ4n) is 8.23. The highest BCUT2D eigenvalue weighted by molar-refractivity contribution is 8.01. The number of hydrogen-bond acceptors (Lipinski definition) is 8. The predicted molar refractivity (Wildman–Crippen MR) is 168 cm³/mol. The molecule has 10 heteroatoms. The molecule has 1 aliphatic heterocycles. The third-order valence-corrected chi connectivity index (χ3v) is 11.9. The van der Waals surface area contributed by atoms with Crippen LogP contribution in [-0.2, 0) is 16.1 Å². The number of nitrogens with one attached hydrogen (secondary N) is 2. The van der Waals surface area contributed by atoms with Crippen molar-refractivity contribution in [1.29, 1.82) is 0 Å². The summed E-state index contributed by atoms with van der Waals surface area (Å²) in [5.74, 6) is 3.10. The largest absolute Gasteiger partial charge is 0.392 e. The lowest BCUT2D eigenvalue weighted by Gasteiger charge is -2.56. The number of ether oxygens (including phenoxy) is 2. The molecule has 5 fully saturated rings. The number of amides is 2. The molecule has 2 aromatic carbocycles. The molecule has 1 aromatic heterocycles. The Morgan fingerprint density at radius 3 is 2.40 bits per heavy atom. The molecule has 4 saturated carbocycles. The van der Waals surface area contributed by atoms with E-state index in [9.17, 15) is 9.90 Å². The van der Waals surface area contributed by atoms with E-state index in [1.165, 1.54) is 19.3 Å². The normalized spacial score (nSPS) is 33.0. The van der Waals surface area contributed by atoms with Crippen LogP contribution in [0.15, 0.2) is 52.9 Å². The summed E-state index contributed by atoms with van der Waals surface area (Å²) in [6, 6.07) is 15.6. The minimum Gasteiger partial charge on any atom is -0.392 e. The molecule has 2 amide bonds. The lowest BCUT2D eigenvalue weighted by molar-refractivity contribution is -0.268. The number of anilines is 1. The van der Waals surface area contributed by atoms with E-state index in [0.717, 1.165) is 68.7 Å². The molecule has 4 bridgehead atoms. The number of aromatic nitrogens is 2. The van der Waals surface area contributed by atoms with Gasteiger partial charge >= 0.3 is 6.03 Å². The van der Waals surface area contributed by atoms with Crippen LogP contribution in [0.2, 0.25) is 0 Å². The van der Waals surface area contributed by atoms with Gasteiger partial charge in [0.25, 0.3) is 0 Å². The predicted octanol–water partition coefficient (Wildman–Crippen LogP) is 7.01. The molecule has 8 nitrogen and oxygen atoms in total. The minimum absolute atomic E-state index is 0.00383. The van der Waals surface area contributed by atoms with Gasteiger partial charge in [-0.15, -0.1) is 10.2 Å². The van der Waals surface area contributed by atoms with Crippen LogP contribution in [0.4, 0.5) is 10.5 Å². The van der Waals surface area contributed by atoms with Crippen molar-refractivity contribution >= 4 is 34.8 Å². The summed E-state index contributed by atoms with van der Waals surface area (Å²) >= 11 is 3.24. The Hall–Kier alpha value is -2.50. The molecular weight excluding hydrogens is 581 g/mol. The first kappa shape index (κ1) is 29.2. The van der Waals surface area contributed by atoms with Crippen molar-refractivity contribution in [2.45, 2.75) is 87.4 Å². The van der Waals surface area contributed by atoms with Crippen LogP contribution < -0.4 is 10.6 Å². The first-order valence-electron chi connectivity index (χ1n) is 15.5. The van der Waals surface area contributed by atoms with E-state index in [4.69, 9.17) is 9.47 Å². The Bertz CT molecular complexity index is 1410. The summed E-state index contributed by atoms with van der Waals surface area (Å²) in [6.45, 7) is 4.12. The molecule has 5 aliphatic rings. The standard InChI is InChI=1S/C33H40N4O4S2/c1-19-28(18-42-32-37-36-20(2)43-32)40-30(41-29(19)25-8-6-21(17-38)7-9-25)26-4-3-5-27(13-26)34-31(39)35-33-14-22-10-23(15-33)12-24(11-22)16-33/h3-9,13,19,22-24,28-30,38H,10-12,14-18H2,1-2H3,(H2,34,35,39)/t19-,22?,23?,24?,28+,29+,30+,33?/m1/s1. The fraction of sp³-hybridized carbons (Fsp3) is 0.545.